The average Bonchev–Trinajstić information content (AvgIpc) is 3.75. The monoisotopic (exact) mass is 618 g/mol. The normalized spacial score (nSPS) is 18.3. The zero-order valence-electron chi connectivity index (χ0n) is 24.9. The van der Waals surface area contributed by atoms with E-state index in [9.17, 15) is 19.2 Å². The van der Waals surface area contributed by atoms with Crippen molar-refractivity contribution < 1.29 is 23.6 Å². The van der Waals surface area contributed by atoms with Gasteiger partial charge >= 0.3 is 0 Å². The van der Waals surface area contributed by atoms with Crippen molar-refractivity contribution in [1.29, 1.82) is 0 Å². The van der Waals surface area contributed by atoms with Crippen molar-refractivity contribution in [2.75, 3.05) is 19.6 Å². The highest BCUT2D eigenvalue weighted by Gasteiger charge is 2.29. The lowest BCUT2D eigenvalue weighted by molar-refractivity contribution is -0.122. The van der Waals surface area contributed by atoms with E-state index in [1.165, 1.54) is 28.8 Å². The van der Waals surface area contributed by atoms with E-state index in [1.54, 1.807) is 23.9 Å². The number of benzene rings is 1. The molecule has 2 atom stereocenters. The Morgan fingerprint density at radius 3 is 2.57 bits per heavy atom. The van der Waals surface area contributed by atoms with Crippen molar-refractivity contribution in [3.8, 4) is 0 Å². The van der Waals surface area contributed by atoms with Crippen molar-refractivity contribution in [3.05, 3.63) is 87.5 Å². The van der Waals surface area contributed by atoms with Crippen LogP contribution >= 0.6 is 11.3 Å². The summed E-state index contributed by atoms with van der Waals surface area (Å²) >= 11 is 1.26. The number of thiazole rings is 1. The largest absolute Gasteiger partial charge is 0.446 e. The van der Waals surface area contributed by atoms with Gasteiger partial charge in [0.1, 0.15) is 28.7 Å². The molecule has 44 heavy (non-hydrogen) atoms. The lowest BCUT2D eigenvalue weighted by Gasteiger charge is -2.25. The minimum Gasteiger partial charge on any atom is -0.446 e. The number of carbonyl (C=O) groups excluding carboxylic acids is 4. The Hall–Kier alpha value is -4.85. The molecule has 4 bridgehead atoms. The number of hydrogen-bond donors (Lipinski definition) is 3. The van der Waals surface area contributed by atoms with Gasteiger partial charge in [-0.2, -0.15) is 0 Å². The highest BCUT2D eigenvalue weighted by Crippen LogP contribution is 2.26. The topological polar surface area (TPSA) is 164 Å². The number of rotatable bonds is 4. The lowest BCUT2D eigenvalue weighted by Crippen LogP contribution is -2.46. The molecule has 3 N–H and O–H groups in total. The fourth-order valence-electron chi connectivity index (χ4n) is 4.92. The Morgan fingerprint density at radius 2 is 1.86 bits per heavy atom. The average molecular weight is 619 g/mol. The van der Waals surface area contributed by atoms with Gasteiger partial charge in [-0.1, -0.05) is 44.2 Å². The molecule has 1 aromatic carbocycles. The molecule has 13 nitrogen and oxygen atoms in total. The van der Waals surface area contributed by atoms with Gasteiger partial charge in [-0.3, -0.25) is 19.2 Å². The summed E-state index contributed by atoms with van der Waals surface area (Å²) in [5.74, 6) is -1.68. The van der Waals surface area contributed by atoms with Gasteiger partial charge in [0, 0.05) is 31.9 Å². The summed E-state index contributed by atoms with van der Waals surface area (Å²) in [4.78, 5) is 67.9. The van der Waals surface area contributed by atoms with Crippen molar-refractivity contribution >= 4 is 35.0 Å². The van der Waals surface area contributed by atoms with Gasteiger partial charge in [0.25, 0.3) is 17.7 Å². The second kappa shape index (κ2) is 13.2. The third-order valence-corrected chi connectivity index (χ3v) is 8.18. The van der Waals surface area contributed by atoms with Crippen LogP contribution in [0.25, 0.3) is 0 Å². The molecular weight excluding hydrogens is 584 g/mol. The maximum Gasteiger partial charge on any atom is 0.273 e. The Kier molecular flexibility index (Phi) is 9.18. The fourth-order valence-corrected chi connectivity index (χ4v) is 5.95. The maximum atomic E-state index is 13.6. The van der Waals surface area contributed by atoms with Crippen molar-refractivity contribution in [1.82, 2.24) is 40.4 Å². The molecule has 0 fully saturated rings. The first kappa shape index (κ1) is 30.6. The third kappa shape index (κ3) is 6.86. The van der Waals surface area contributed by atoms with Crippen LogP contribution in [0.2, 0.25) is 0 Å². The van der Waals surface area contributed by atoms with E-state index in [4.69, 9.17) is 4.42 Å². The molecule has 0 saturated carbocycles. The van der Waals surface area contributed by atoms with Crippen LogP contribution in [0.4, 0.5) is 0 Å². The van der Waals surface area contributed by atoms with Gasteiger partial charge in [-0.15, -0.1) is 11.3 Å². The zero-order valence-corrected chi connectivity index (χ0v) is 25.7. The second-order valence-electron chi connectivity index (χ2n) is 10.9. The molecule has 0 radical (unpaired) electrons. The Bertz CT molecular complexity index is 1640. The van der Waals surface area contributed by atoms with Crippen molar-refractivity contribution in [2.45, 2.75) is 39.3 Å². The van der Waals surface area contributed by atoms with Gasteiger partial charge in [-0.25, -0.2) is 15.0 Å². The van der Waals surface area contributed by atoms with E-state index in [0.29, 0.717) is 22.8 Å². The van der Waals surface area contributed by atoms with Crippen LogP contribution in [-0.2, 0) is 18.3 Å². The molecule has 0 spiro atoms. The number of nitrogens with one attached hydrogen (secondary N) is 3. The lowest BCUT2D eigenvalue weighted by atomic mass is 10.0. The van der Waals surface area contributed by atoms with E-state index >= 15 is 0 Å². The highest BCUT2D eigenvalue weighted by atomic mass is 32.1. The zero-order chi connectivity index (χ0) is 31.4. The first-order valence-corrected chi connectivity index (χ1v) is 15.1. The molecule has 14 heteroatoms. The standard InChI is InChI=1S/C30H34N8O5S/c1-17(2)24-29-35-22(15-44-29)27(41)33-20(12-19-8-6-5-7-9-19)28-34-21(14-43-28)26(40)31-10-11-38(13-23(39)36-24)30(42)25-18(3)32-16-37(25)4/h5-9,14-17,20,24H,10-13H2,1-4H3,(H,31,40)(H,33,41)(H,36,39)/t20-,24-/m0/s1. The Morgan fingerprint density at radius 1 is 1.09 bits per heavy atom. The summed E-state index contributed by atoms with van der Waals surface area (Å²) in [6, 6.07) is 8.33. The molecule has 1 aliphatic heterocycles. The van der Waals surface area contributed by atoms with Crippen LogP contribution < -0.4 is 16.0 Å². The fraction of sp³-hybridized carbons (Fsp3) is 0.367. The summed E-state index contributed by atoms with van der Waals surface area (Å²) < 4.78 is 7.28. The predicted octanol–water partition coefficient (Wildman–Crippen LogP) is 2.59. The predicted molar refractivity (Wildman–Crippen MR) is 161 cm³/mol. The number of hydrogen-bond acceptors (Lipinski definition) is 9. The SMILES string of the molecule is Cc1ncn(C)c1C(=O)N1CCNC(=O)c2coc(n2)[C@H](Cc2ccccc2)NC(=O)c2csc(n2)[C@H](C(C)C)NC(=O)C1. The number of aromatic nitrogens is 4. The van der Waals surface area contributed by atoms with Gasteiger partial charge in [-0.05, 0) is 18.4 Å². The maximum absolute atomic E-state index is 13.6. The molecule has 4 aromatic rings. The highest BCUT2D eigenvalue weighted by molar-refractivity contribution is 7.09. The Balaban J connectivity index is 1.48. The molecule has 0 saturated heterocycles. The van der Waals surface area contributed by atoms with E-state index in [2.05, 4.69) is 30.9 Å². The van der Waals surface area contributed by atoms with Gasteiger partial charge in [0.2, 0.25) is 11.8 Å². The third-order valence-electron chi connectivity index (χ3n) is 7.26. The van der Waals surface area contributed by atoms with Crippen LogP contribution in [0.15, 0.2) is 52.7 Å². The van der Waals surface area contributed by atoms with Crippen LogP contribution in [0, 0.1) is 12.8 Å². The second-order valence-corrected chi connectivity index (χ2v) is 11.8. The molecule has 4 amide bonds. The van der Waals surface area contributed by atoms with Gasteiger partial charge in [0.05, 0.1) is 24.6 Å². The number of fused-ring (bicyclic) bond motifs is 4. The van der Waals surface area contributed by atoms with Crippen molar-refractivity contribution in [3.63, 3.8) is 0 Å². The molecule has 0 aliphatic carbocycles. The minimum absolute atomic E-state index is 0.0160. The van der Waals surface area contributed by atoms with Crippen molar-refractivity contribution in [2.24, 2.45) is 13.0 Å². The number of nitrogens with zero attached hydrogens (tertiary/aromatic N) is 5. The molecule has 1 aliphatic rings. The van der Waals surface area contributed by atoms with Crippen LogP contribution in [0.3, 0.4) is 0 Å². The van der Waals surface area contributed by atoms with Gasteiger partial charge in [0.15, 0.2) is 5.69 Å². The quantitative estimate of drug-likeness (QED) is 0.314. The molecule has 0 unspecified atom stereocenters. The van der Waals surface area contributed by atoms with E-state index in [-0.39, 0.29) is 42.8 Å². The van der Waals surface area contributed by atoms with E-state index in [0.717, 1.165) is 5.56 Å². The van der Waals surface area contributed by atoms with E-state index < -0.39 is 35.7 Å². The smallest absolute Gasteiger partial charge is 0.273 e. The number of oxazole rings is 1. The summed E-state index contributed by atoms with van der Waals surface area (Å²) in [7, 11) is 1.70. The number of carbonyl (C=O) groups is 4. The van der Waals surface area contributed by atoms with Crippen LogP contribution in [0.5, 0.6) is 0 Å². The molecule has 230 valence electrons. The first-order chi connectivity index (χ1) is 21.1. The summed E-state index contributed by atoms with van der Waals surface area (Å²) in [6.45, 7) is 5.42. The minimum atomic E-state index is -0.689. The van der Waals surface area contributed by atoms with Crippen LogP contribution in [0.1, 0.15) is 79.6 Å². The van der Waals surface area contributed by atoms with Crippen LogP contribution in [-0.4, -0.2) is 67.7 Å². The number of imidazole rings is 1. The molecule has 4 heterocycles. The van der Waals surface area contributed by atoms with Gasteiger partial charge < -0.3 is 29.8 Å². The summed E-state index contributed by atoms with van der Waals surface area (Å²) in [6.07, 6.45) is 3.12. The number of aryl methyl sites for hydroxylation is 2. The summed E-state index contributed by atoms with van der Waals surface area (Å²) in [5.41, 5.74) is 1.99. The first-order valence-electron chi connectivity index (χ1n) is 14.2. The molecular formula is C30H34N8O5S. The number of amides is 4. The molecule has 3 aromatic heterocycles. The Labute approximate surface area is 258 Å². The van der Waals surface area contributed by atoms with E-state index in [1.807, 2.05) is 44.2 Å². The molecule has 5 rings (SSSR count). The summed E-state index contributed by atoms with van der Waals surface area (Å²) in [5, 5.41) is 10.9.